The lowest BCUT2D eigenvalue weighted by molar-refractivity contribution is -0.0349. The molecule has 1 N–H and O–H groups in total. The molecule has 1 heterocycles. The van der Waals surface area contributed by atoms with Gasteiger partial charge in [-0.1, -0.05) is 30.3 Å². The second-order valence-corrected chi connectivity index (χ2v) is 6.15. The van der Waals surface area contributed by atoms with E-state index in [1.807, 2.05) is 41.8 Å². The summed E-state index contributed by atoms with van der Waals surface area (Å²) in [6.07, 6.45) is 0.557. The van der Waals surface area contributed by atoms with Crippen LogP contribution in [-0.2, 0) is 16.8 Å². The van der Waals surface area contributed by atoms with E-state index in [-0.39, 0.29) is 6.61 Å². The van der Waals surface area contributed by atoms with Crippen molar-refractivity contribution in [3.63, 3.8) is 0 Å². The van der Waals surface area contributed by atoms with Crippen molar-refractivity contribution < 1.29 is 9.84 Å². The second-order valence-electron chi connectivity index (χ2n) is 4.24. The minimum atomic E-state index is -0.972. The van der Waals surface area contributed by atoms with Crippen LogP contribution in [0.5, 0.6) is 0 Å². The molecule has 0 aliphatic heterocycles. The number of methoxy groups -OCH3 is 1. The highest BCUT2D eigenvalue weighted by atomic mass is 79.9. The highest BCUT2D eigenvalue weighted by molar-refractivity contribution is 9.10. The highest BCUT2D eigenvalue weighted by Crippen LogP contribution is 2.30. The smallest absolute Gasteiger partial charge is 0.118 e. The summed E-state index contributed by atoms with van der Waals surface area (Å²) in [5, 5.41) is 12.8. The SMILES string of the molecule is COCC(O)(Cc1cc(Br)cs1)c1ccccc1. The van der Waals surface area contributed by atoms with Gasteiger partial charge in [0, 0.05) is 28.3 Å². The first-order valence-corrected chi connectivity index (χ1v) is 7.31. The van der Waals surface area contributed by atoms with Crippen molar-refractivity contribution in [2.45, 2.75) is 12.0 Å². The highest BCUT2D eigenvalue weighted by Gasteiger charge is 2.30. The minimum Gasteiger partial charge on any atom is -0.382 e. The zero-order valence-corrected chi connectivity index (χ0v) is 12.5. The Labute approximate surface area is 119 Å². The fourth-order valence-electron chi connectivity index (χ4n) is 1.96. The van der Waals surface area contributed by atoms with Crippen LogP contribution in [0.2, 0.25) is 0 Å². The molecule has 0 saturated heterocycles. The third-order valence-corrected chi connectivity index (χ3v) is 4.48. The van der Waals surface area contributed by atoms with Crippen LogP contribution < -0.4 is 0 Å². The number of thiophene rings is 1. The molecule has 0 aliphatic carbocycles. The predicted molar refractivity (Wildman–Crippen MR) is 77.9 cm³/mol. The van der Waals surface area contributed by atoms with Crippen molar-refractivity contribution >= 4 is 27.3 Å². The van der Waals surface area contributed by atoms with Crippen LogP contribution in [0.1, 0.15) is 10.4 Å². The molecule has 1 aromatic carbocycles. The number of halogens is 1. The molecule has 0 spiro atoms. The fourth-order valence-corrected chi connectivity index (χ4v) is 3.52. The first-order valence-electron chi connectivity index (χ1n) is 5.64. The molecule has 2 nitrogen and oxygen atoms in total. The third-order valence-electron chi connectivity index (χ3n) is 2.78. The number of aliphatic hydroxyl groups is 1. The fraction of sp³-hybridized carbons (Fsp3) is 0.286. The molecule has 1 unspecified atom stereocenters. The second kappa shape index (κ2) is 5.97. The van der Waals surface area contributed by atoms with E-state index in [4.69, 9.17) is 4.74 Å². The quantitative estimate of drug-likeness (QED) is 0.909. The molecule has 2 aromatic rings. The van der Waals surface area contributed by atoms with Gasteiger partial charge >= 0.3 is 0 Å². The Morgan fingerprint density at radius 2 is 2.06 bits per heavy atom. The monoisotopic (exact) mass is 326 g/mol. The van der Waals surface area contributed by atoms with Gasteiger partial charge in [0.25, 0.3) is 0 Å². The maximum absolute atomic E-state index is 10.8. The Kier molecular flexibility index (Phi) is 4.56. The van der Waals surface area contributed by atoms with E-state index in [0.717, 1.165) is 14.9 Å². The molecule has 4 heteroatoms. The number of benzene rings is 1. The van der Waals surface area contributed by atoms with Crippen molar-refractivity contribution in [3.8, 4) is 0 Å². The summed E-state index contributed by atoms with van der Waals surface area (Å²) in [5.41, 5.74) is -0.0864. The van der Waals surface area contributed by atoms with Gasteiger partial charge < -0.3 is 9.84 Å². The van der Waals surface area contributed by atoms with Gasteiger partial charge in [-0.05, 0) is 27.6 Å². The summed E-state index contributed by atoms with van der Waals surface area (Å²) in [4.78, 5) is 1.13. The summed E-state index contributed by atoms with van der Waals surface area (Å²) in [7, 11) is 1.61. The Morgan fingerprint density at radius 1 is 1.33 bits per heavy atom. The maximum Gasteiger partial charge on any atom is 0.118 e. The summed E-state index contributed by atoms with van der Waals surface area (Å²) < 4.78 is 6.23. The van der Waals surface area contributed by atoms with E-state index in [1.165, 1.54) is 0 Å². The van der Waals surface area contributed by atoms with Crippen LogP contribution >= 0.6 is 27.3 Å². The van der Waals surface area contributed by atoms with E-state index in [1.54, 1.807) is 18.4 Å². The lowest BCUT2D eigenvalue weighted by Gasteiger charge is -2.27. The zero-order valence-electron chi connectivity index (χ0n) is 10.1. The first-order chi connectivity index (χ1) is 8.64. The molecular formula is C14H15BrO2S. The molecule has 1 aromatic heterocycles. The van der Waals surface area contributed by atoms with Crippen LogP contribution in [0.15, 0.2) is 46.3 Å². The summed E-state index contributed by atoms with van der Waals surface area (Å²) in [6, 6.07) is 11.7. The minimum absolute atomic E-state index is 0.284. The molecule has 18 heavy (non-hydrogen) atoms. The molecular weight excluding hydrogens is 312 g/mol. The number of rotatable bonds is 5. The van der Waals surface area contributed by atoms with Crippen LogP contribution in [0.3, 0.4) is 0 Å². The largest absolute Gasteiger partial charge is 0.382 e. The van der Waals surface area contributed by atoms with Crippen molar-refractivity contribution in [3.05, 3.63) is 56.7 Å². The van der Waals surface area contributed by atoms with Gasteiger partial charge in [-0.15, -0.1) is 11.3 Å². The maximum atomic E-state index is 10.8. The average molecular weight is 327 g/mol. The molecule has 0 aliphatic rings. The number of ether oxygens (including phenoxy) is 1. The molecule has 1 atom stereocenters. The van der Waals surface area contributed by atoms with Crippen LogP contribution in [0.4, 0.5) is 0 Å². The molecule has 0 saturated carbocycles. The van der Waals surface area contributed by atoms with Gasteiger partial charge in [-0.2, -0.15) is 0 Å². The summed E-state index contributed by atoms with van der Waals surface area (Å²) >= 11 is 5.07. The summed E-state index contributed by atoms with van der Waals surface area (Å²) in [5.74, 6) is 0. The zero-order chi connectivity index (χ0) is 13.0. The molecule has 0 radical (unpaired) electrons. The van der Waals surface area contributed by atoms with Crippen LogP contribution in [0.25, 0.3) is 0 Å². The topological polar surface area (TPSA) is 29.5 Å². The lowest BCUT2D eigenvalue weighted by atomic mass is 9.90. The lowest BCUT2D eigenvalue weighted by Crippen LogP contribution is -2.33. The van der Waals surface area contributed by atoms with E-state index in [2.05, 4.69) is 15.9 Å². The Balaban J connectivity index is 2.26. The van der Waals surface area contributed by atoms with Gasteiger partial charge in [0.05, 0.1) is 6.61 Å². The van der Waals surface area contributed by atoms with Gasteiger partial charge in [0.15, 0.2) is 0 Å². The van der Waals surface area contributed by atoms with Gasteiger partial charge in [-0.3, -0.25) is 0 Å². The van der Waals surface area contributed by atoms with Gasteiger partial charge in [-0.25, -0.2) is 0 Å². The number of hydrogen-bond acceptors (Lipinski definition) is 3. The molecule has 0 bridgehead atoms. The van der Waals surface area contributed by atoms with Gasteiger partial charge in [0.1, 0.15) is 5.60 Å². The van der Waals surface area contributed by atoms with Crippen molar-refractivity contribution in [2.75, 3.05) is 13.7 Å². The van der Waals surface area contributed by atoms with Crippen LogP contribution in [0, 0.1) is 0 Å². The van der Waals surface area contributed by atoms with Gasteiger partial charge in [0.2, 0.25) is 0 Å². The molecule has 0 amide bonds. The Hall–Kier alpha value is -0.680. The average Bonchev–Trinajstić information content (AvgIpc) is 2.76. The normalized spacial score (nSPS) is 14.4. The van der Waals surface area contributed by atoms with Crippen molar-refractivity contribution in [1.82, 2.24) is 0 Å². The van der Waals surface area contributed by atoms with Crippen molar-refractivity contribution in [1.29, 1.82) is 0 Å². The molecule has 96 valence electrons. The van der Waals surface area contributed by atoms with Crippen LogP contribution in [-0.4, -0.2) is 18.8 Å². The first kappa shape index (κ1) is 13.7. The molecule has 0 fully saturated rings. The van der Waals surface area contributed by atoms with Crippen molar-refractivity contribution in [2.24, 2.45) is 0 Å². The number of hydrogen-bond donors (Lipinski definition) is 1. The van der Waals surface area contributed by atoms with E-state index in [0.29, 0.717) is 6.42 Å². The van der Waals surface area contributed by atoms with E-state index >= 15 is 0 Å². The molecule has 2 rings (SSSR count). The van der Waals surface area contributed by atoms with E-state index in [9.17, 15) is 5.11 Å². The standard InChI is InChI=1S/C14H15BrO2S/c1-17-10-14(16,11-5-3-2-4-6-11)8-13-7-12(15)9-18-13/h2-7,9,16H,8,10H2,1H3. The Bertz CT molecular complexity index is 498. The predicted octanol–water partition coefficient (Wildman–Crippen LogP) is 3.59. The van der Waals surface area contributed by atoms with E-state index < -0.39 is 5.60 Å². The Morgan fingerprint density at radius 3 is 2.61 bits per heavy atom. The summed E-state index contributed by atoms with van der Waals surface area (Å²) in [6.45, 7) is 0.284. The third kappa shape index (κ3) is 3.20.